The number of nitrogens with one attached hydrogen (secondary N) is 1. The average Bonchev–Trinajstić information content (AvgIpc) is 3.10. The molecule has 1 aromatic heterocycles. The van der Waals surface area contributed by atoms with E-state index in [1.54, 1.807) is 12.4 Å². The summed E-state index contributed by atoms with van der Waals surface area (Å²) in [6.45, 7) is 1.54. The third-order valence-electron chi connectivity index (χ3n) is 5.94. The summed E-state index contributed by atoms with van der Waals surface area (Å²) < 4.78 is 0. The van der Waals surface area contributed by atoms with Crippen molar-refractivity contribution >= 4 is 11.8 Å². The number of hydrogen-bond donors (Lipinski definition) is 1. The summed E-state index contributed by atoms with van der Waals surface area (Å²) in [6, 6.07) is 0.405. The first-order valence-electron chi connectivity index (χ1n) is 8.98. The van der Waals surface area contributed by atoms with E-state index in [-0.39, 0.29) is 23.1 Å². The van der Waals surface area contributed by atoms with Crippen molar-refractivity contribution in [2.24, 2.45) is 11.3 Å². The molecule has 0 bridgehead atoms. The molecule has 2 saturated carbocycles. The molecule has 2 amide bonds. The first-order chi connectivity index (χ1) is 11.7. The summed E-state index contributed by atoms with van der Waals surface area (Å²) >= 11 is 0. The standard InChI is InChI=1S/C18H24N4O2/c23-16(5-4-13-9-19-12-20-10-13)22-7-6-18(11-22)8-15(18)17(24)21-14-2-1-3-14/h9-10,12,14-15H,1-8,11H2,(H,21,24)/t15-,18-/m1/s1. The molecular weight excluding hydrogens is 304 g/mol. The Hall–Kier alpha value is -1.98. The van der Waals surface area contributed by atoms with E-state index in [9.17, 15) is 9.59 Å². The highest BCUT2D eigenvalue weighted by molar-refractivity contribution is 5.84. The minimum atomic E-state index is 0.0688. The van der Waals surface area contributed by atoms with Crippen molar-refractivity contribution in [3.05, 3.63) is 24.3 Å². The summed E-state index contributed by atoms with van der Waals surface area (Å²) in [5.74, 6) is 0.523. The van der Waals surface area contributed by atoms with E-state index < -0.39 is 0 Å². The van der Waals surface area contributed by atoms with Crippen molar-refractivity contribution in [3.8, 4) is 0 Å². The third-order valence-corrected chi connectivity index (χ3v) is 5.94. The van der Waals surface area contributed by atoms with Gasteiger partial charge in [0.1, 0.15) is 6.33 Å². The molecule has 0 aromatic carbocycles. The van der Waals surface area contributed by atoms with Gasteiger partial charge in [-0.15, -0.1) is 0 Å². The largest absolute Gasteiger partial charge is 0.353 e. The molecule has 128 valence electrons. The second-order valence-electron chi connectivity index (χ2n) is 7.57. The van der Waals surface area contributed by atoms with Gasteiger partial charge in [0, 0.05) is 49.3 Å². The van der Waals surface area contributed by atoms with Crippen LogP contribution in [0.5, 0.6) is 0 Å². The summed E-state index contributed by atoms with van der Waals surface area (Å²) in [4.78, 5) is 34.7. The molecule has 1 N–H and O–H groups in total. The van der Waals surface area contributed by atoms with Gasteiger partial charge < -0.3 is 10.2 Å². The van der Waals surface area contributed by atoms with Crippen molar-refractivity contribution in [3.63, 3.8) is 0 Å². The predicted molar refractivity (Wildman–Crippen MR) is 87.9 cm³/mol. The molecule has 1 aliphatic heterocycles. The fourth-order valence-corrected chi connectivity index (χ4v) is 4.00. The number of likely N-dealkylation sites (tertiary alicyclic amines) is 1. The van der Waals surface area contributed by atoms with E-state index in [0.717, 1.165) is 44.3 Å². The molecule has 2 heterocycles. The van der Waals surface area contributed by atoms with Crippen LogP contribution in [-0.2, 0) is 16.0 Å². The van der Waals surface area contributed by atoms with E-state index in [4.69, 9.17) is 0 Å². The normalized spacial score (nSPS) is 28.7. The number of carbonyl (C=O) groups excluding carboxylic acids is 2. The van der Waals surface area contributed by atoms with Crippen molar-refractivity contribution < 1.29 is 9.59 Å². The predicted octanol–water partition coefficient (Wildman–Crippen LogP) is 1.32. The molecule has 1 aromatic rings. The smallest absolute Gasteiger partial charge is 0.223 e. The van der Waals surface area contributed by atoms with Gasteiger partial charge in [0.15, 0.2) is 0 Å². The number of aromatic nitrogens is 2. The number of carbonyl (C=O) groups is 2. The first-order valence-corrected chi connectivity index (χ1v) is 8.98. The van der Waals surface area contributed by atoms with Crippen LogP contribution in [0, 0.1) is 11.3 Å². The van der Waals surface area contributed by atoms with E-state index in [1.165, 1.54) is 12.7 Å². The number of amides is 2. The van der Waals surface area contributed by atoms with Crippen LogP contribution >= 0.6 is 0 Å². The zero-order chi connectivity index (χ0) is 16.6. The Labute approximate surface area is 142 Å². The molecule has 1 saturated heterocycles. The Balaban J connectivity index is 1.26. The Bertz CT molecular complexity index is 631. The zero-order valence-electron chi connectivity index (χ0n) is 13.9. The summed E-state index contributed by atoms with van der Waals surface area (Å²) in [5, 5.41) is 3.16. The lowest BCUT2D eigenvalue weighted by Gasteiger charge is -2.26. The molecule has 24 heavy (non-hydrogen) atoms. The average molecular weight is 328 g/mol. The lowest BCUT2D eigenvalue weighted by molar-refractivity contribution is -0.130. The summed E-state index contributed by atoms with van der Waals surface area (Å²) in [7, 11) is 0. The molecule has 2 atom stereocenters. The molecule has 1 spiro atoms. The van der Waals surface area contributed by atoms with Crippen LogP contribution in [0.1, 0.15) is 44.1 Å². The summed E-state index contributed by atoms with van der Waals surface area (Å²) in [5.41, 5.74) is 1.06. The van der Waals surface area contributed by atoms with Gasteiger partial charge in [0.25, 0.3) is 0 Å². The Morgan fingerprint density at radius 2 is 2.08 bits per heavy atom. The van der Waals surface area contributed by atoms with Gasteiger partial charge in [0.2, 0.25) is 11.8 Å². The van der Waals surface area contributed by atoms with Crippen molar-refractivity contribution in [1.29, 1.82) is 0 Å². The van der Waals surface area contributed by atoms with Gasteiger partial charge in [-0.05, 0) is 44.1 Å². The number of nitrogens with zero attached hydrogens (tertiary/aromatic N) is 3. The second-order valence-corrected chi connectivity index (χ2v) is 7.57. The number of hydrogen-bond acceptors (Lipinski definition) is 4. The fraction of sp³-hybridized carbons (Fsp3) is 0.667. The monoisotopic (exact) mass is 328 g/mol. The van der Waals surface area contributed by atoms with E-state index in [2.05, 4.69) is 15.3 Å². The SMILES string of the molecule is O=C(NC1CCC1)[C@H]1C[C@@]12CCN(C(=O)CCc1cncnc1)C2. The molecule has 2 aliphatic carbocycles. The van der Waals surface area contributed by atoms with Gasteiger partial charge in [-0.2, -0.15) is 0 Å². The van der Waals surface area contributed by atoms with Gasteiger partial charge in [-0.3, -0.25) is 9.59 Å². The Morgan fingerprint density at radius 1 is 1.29 bits per heavy atom. The maximum absolute atomic E-state index is 12.4. The number of aryl methyl sites for hydroxylation is 1. The Morgan fingerprint density at radius 3 is 2.79 bits per heavy atom. The van der Waals surface area contributed by atoms with Crippen LogP contribution in [0.2, 0.25) is 0 Å². The van der Waals surface area contributed by atoms with E-state index >= 15 is 0 Å². The molecule has 4 rings (SSSR count). The summed E-state index contributed by atoms with van der Waals surface area (Å²) in [6.07, 6.45) is 11.6. The maximum Gasteiger partial charge on any atom is 0.223 e. The molecule has 3 aliphatic rings. The second kappa shape index (κ2) is 6.15. The first kappa shape index (κ1) is 15.5. The van der Waals surface area contributed by atoms with Crippen LogP contribution in [0.4, 0.5) is 0 Å². The molecule has 0 unspecified atom stereocenters. The lowest BCUT2D eigenvalue weighted by atomic mass is 9.92. The van der Waals surface area contributed by atoms with E-state index in [1.807, 2.05) is 4.90 Å². The van der Waals surface area contributed by atoms with Gasteiger partial charge >= 0.3 is 0 Å². The van der Waals surface area contributed by atoms with Gasteiger partial charge in [0.05, 0.1) is 0 Å². The molecule has 6 nitrogen and oxygen atoms in total. The van der Waals surface area contributed by atoms with Gasteiger partial charge in [-0.25, -0.2) is 9.97 Å². The highest BCUT2D eigenvalue weighted by atomic mass is 16.2. The van der Waals surface area contributed by atoms with E-state index in [0.29, 0.717) is 18.9 Å². The molecule has 3 fully saturated rings. The fourth-order valence-electron chi connectivity index (χ4n) is 4.00. The maximum atomic E-state index is 12.4. The van der Waals surface area contributed by atoms with Crippen molar-refractivity contribution in [2.45, 2.75) is 51.0 Å². The van der Waals surface area contributed by atoms with Crippen LogP contribution in [0.15, 0.2) is 18.7 Å². The third kappa shape index (κ3) is 3.01. The minimum absolute atomic E-state index is 0.0688. The Kier molecular flexibility index (Phi) is 3.98. The lowest BCUT2D eigenvalue weighted by Crippen LogP contribution is -2.41. The van der Waals surface area contributed by atoms with Gasteiger partial charge in [-0.1, -0.05) is 0 Å². The van der Waals surface area contributed by atoms with Crippen LogP contribution < -0.4 is 5.32 Å². The molecule has 6 heteroatoms. The highest BCUT2D eigenvalue weighted by Crippen LogP contribution is 2.58. The van der Waals surface area contributed by atoms with Crippen molar-refractivity contribution in [1.82, 2.24) is 20.2 Å². The number of rotatable bonds is 5. The zero-order valence-corrected chi connectivity index (χ0v) is 13.9. The van der Waals surface area contributed by atoms with Crippen LogP contribution in [0.25, 0.3) is 0 Å². The topological polar surface area (TPSA) is 75.2 Å². The quantitative estimate of drug-likeness (QED) is 0.884. The van der Waals surface area contributed by atoms with Crippen LogP contribution in [0.3, 0.4) is 0 Å². The minimum Gasteiger partial charge on any atom is -0.353 e. The molecular formula is C18H24N4O2. The van der Waals surface area contributed by atoms with Crippen LogP contribution in [-0.4, -0.2) is 45.8 Å². The highest BCUT2D eigenvalue weighted by Gasteiger charge is 2.61. The molecule has 0 radical (unpaired) electrons. The van der Waals surface area contributed by atoms with Crippen molar-refractivity contribution in [2.75, 3.05) is 13.1 Å².